The number of allylic oxidation sites excluding steroid dienone is 2. The molecule has 1 atom stereocenters. The van der Waals surface area contributed by atoms with Crippen LogP contribution in [0.1, 0.15) is 123 Å². The van der Waals surface area contributed by atoms with Gasteiger partial charge in [-0.1, -0.05) is 96.6 Å². The molecule has 0 fully saturated rings. The Labute approximate surface area is 147 Å². The van der Waals surface area contributed by atoms with Crippen molar-refractivity contribution in [3.63, 3.8) is 0 Å². The number of rotatable bonds is 18. The molecule has 1 nitrogen and oxygen atoms in total. The van der Waals surface area contributed by atoms with Crippen LogP contribution >= 0.6 is 0 Å². The van der Waals surface area contributed by atoms with E-state index < -0.39 is 0 Å². The van der Waals surface area contributed by atoms with E-state index in [-0.39, 0.29) is 6.10 Å². The Morgan fingerprint density at radius 2 is 1.00 bits per heavy atom. The Kier molecular flexibility index (Phi) is 19.5. The Balaban J connectivity index is 3.13. The summed E-state index contributed by atoms with van der Waals surface area (Å²) in [5.41, 5.74) is 0. The molecule has 0 heterocycles. The van der Waals surface area contributed by atoms with E-state index in [9.17, 15) is 5.11 Å². The van der Waals surface area contributed by atoms with Gasteiger partial charge in [-0.3, -0.25) is 0 Å². The molecule has 0 aromatic carbocycles. The predicted octanol–water partition coefficient (Wildman–Crippen LogP) is 7.58. The summed E-state index contributed by atoms with van der Waals surface area (Å²) in [5.74, 6) is 0. The highest BCUT2D eigenvalue weighted by Crippen LogP contribution is 2.12. The molecule has 0 aliphatic heterocycles. The number of hydrogen-bond acceptors (Lipinski definition) is 1. The Bertz CT molecular complexity index is 234. The highest BCUT2D eigenvalue weighted by Gasteiger charge is 2.02. The van der Waals surface area contributed by atoms with Crippen LogP contribution in [0, 0.1) is 0 Å². The molecule has 0 rings (SSSR count). The summed E-state index contributed by atoms with van der Waals surface area (Å²) in [6.45, 7) is 4.47. The van der Waals surface area contributed by atoms with E-state index >= 15 is 0 Å². The molecule has 0 aliphatic carbocycles. The molecule has 0 amide bonds. The van der Waals surface area contributed by atoms with Crippen LogP contribution in [0.25, 0.3) is 0 Å². The number of unbranched alkanes of at least 4 members (excludes halogenated alkanes) is 12. The van der Waals surface area contributed by atoms with E-state index in [1.165, 1.54) is 96.3 Å². The van der Waals surface area contributed by atoms with Crippen LogP contribution in [0.2, 0.25) is 0 Å². The Morgan fingerprint density at radius 3 is 1.57 bits per heavy atom. The predicted molar refractivity (Wildman–Crippen MR) is 105 cm³/mol. The Hall–Kier alpha value is -0.300. The van der Waals surface area contributed by atoms with Gasteiger partial charge in [0.25, 0.3) is 0 Å². The highest BCUT2D eigenvalue weighted by atomic mass is 16.3. The monoisotopic (exact) mass is 324 g/mol. The van der Waals surface area contributed by atoms with Gasteiger partial charge >= 0.3 is 0 Å². The van der Waals surface area contributed by atoms with Gasteiger partial charge in [-0.2, -0.15) is 0 Å². The van der Waals surface area contributed by atoms with Crippen molar-refractivity contribution in [2.45, 2.75) is 129 Å². The maximum absolute atomic E-state index is 9.77. The molecule has 0 radical (unpaired) electrons. The standard InChI is InChI=1S/C22H44O/c1-3-5-7-8-9-10-11-12-13-14-15-16-17-18-19-21-22(23)20-6-4-2/h12-13,22-23H,3-11,14-21H2,1-2H3/b13-12+/t22-/m0/s1. The average molecular weight is 325 g/mol. The molecule has 0 spiro atoms. The molecule has 138 valence electrons. The first kappa shape index (κ1) is 22.7. The molecule has 1 heteroatoms. The first-order valence-corrected chi connectivity index (χ1v) is 10.6. The van der Waals surface area contributed by atoms with E-state index in [1.54, 1.807) is 0 Å². The second kappa shape index (κ2) is 19.7. The summed E-state index contributed by atoms with van der Waals surface area (Å²) in [4.78, 5) is 0. The van der Waals surface area contributed by atoms with E-state index in [1.807, 2.05) is 0 Å². The number of aliphatic hydroxyl groups excluding tert-OH is 1. The van der Waals surface area contributed by atoms with Crippen molar-refractivity contribution >= 4 is 0 Å². The number of aliphatic hydroxyl groups is 1. The lowest BCUT2D eigenvalue weighted by atomic mass is 10.0. The van der Waals surface area contributed by atoms with Crippen LogP contribution in [0.3, 0.4) is 0 Å². The third-order valence-corrected chi connectivity index (χ3v) is 4.69. The van der Waals surface area contributed by atoms with Crippen molar-refractivity contribution in [2.24, 2.45) is 0 Å². The van der Waals surface area contributed by atoms with Crippen molar-refractivity contribution < 1.29 is 5.11 Å². The maximum Gasteiger partial charge on any atom is 0.0540 e. The van der Waals surface area contributed by atoms with Gasteiger partial charge in [0, 0.05) is 0 Å². The second-order valence-corrected chi connectivity index (χ2v) is 7.17. The molecule has 1 N–H and O–H groups in total. The van der Waals surface area contributed by atoms with Gasteiger partial charge in [0.1, 0.15) is 0 Å². The van der Waals surface area contributed by atoms with E-state index in [0.29, 0.717) is 0 Å². The molecule has 0 unspecified atom stereocenters. The highest BCUT2D eigenvalue weighted by molar-refractivity contribution is 4.81. The van der Waals surface area contributed by atoms with E-state index in [2.05, 4.69) is 26.0 Å². The minimum Gasteiger partial charge on any atom is -0.393 e. The molecular weight excluding hydrogens is 280 g/mol. The molecule has 0 saturated heterocycles. The minimum atomic E-state index is -0.0418. The smallest absolute Gasteiger partial charge is 0.0540 e. The molecule has 0 aliphatic rings. The van der Waals surface area contributed by atoms with Crippen LogP contribution in [0.5, 0.6) is 0 Å². The zero-order valence-electron chi connectivity index (χ0n) is 16.2. The molecule has 0 saturated carbocycles. The first-order valence-electron chi connectivity index (χ1n) is 10.6. The largest absolute Gasteiger partial charge is 0.393 e. The summed E-state index contributed by atoms with van der Waals surface area (Å²) < 4.78 is 0. The molecule has 0 aromatic rings. The molecule has 0 bridgehead atoms. The van der Waals surface area contributed by atoms with Crippen LogP contribution in [-0.2, 0) is 0 Å². The van der Waals surface area contributed by atoms with Crippen LogP contribution in [0.15, 0.2) is 12.2 Å². The third kappa shape index (κ3) is 19.7. The van der Waals surface area contributed by atoms with Crippen molar-refractivity contribution in [1.82, 2.24) is 0 Å². The van der Waals surface area contributed by atoms with Gasteiger partial charge in [0.15, 0.2) is 0 Å². The number of hydrogen-bond donors (Lipinski definition) is 1. The maximum atomic E-state index is 9.77. The van der Waals surface area contributed by atoms with Crippen molar-refractivity contribution in [2.75, 3.05) is 0 Å². The SMILES string of the molecule is CCCCCCCC/C=C/CCCCCCC[C@@H](O)CCCC. The normalized spacial score (nSPS) is 13.0. The summed E-state index contributed by atoms with van der Waals surface area (Å²) in [6.07, 6.45) is 26.6. The fraction of sp³-hybridized carbons (Fsp3) is 0.909. The van der Waals surface area contributed by atoms with Gasteiger partial charge in [0.05, 0.1) is 6.10 Å². The van der Waals surface area contributed by atoms with Crippen molar-refractivity contribution in [3.05, 3.63) is 12.2 Å². The van der Waals surface area contributed by atoms with Gasteiger partial charge in [-0.25, -0.2) is 0 Å². The Morgan fingerprint density at radius 1 is 0.565 bits per heavy atom. The van der Waals surface area contributed by atoms with Gasteiger partial charge in [-0.05, 0) is 38.5 Å². The van der Waals surface area contributed by atoms with E-state index in [4.69, 9.17) is 0 Å². The fourth-order valence-electron chi connectivity index (χ4n) is 3.03. The summed E-state index contributed by atoms with van der Waals surface area (Å²) in [6, 6.07) is 0. The molecule has 0 aromatic heterocycles. The fourth-order valence-corrected chi connectivity index (χ4v) is 3.03. The second-order valence-electron chi connectivity index (χ2n) is 7.17. The minimum absolute atomic E-state index is 0.0418. The van der Waals surface area contributed by atoms with Crippen LogP contribution in [0.4, 0.5) is 0 Å². The van der Waals surface area contributed by atoms with Gasteiger partial charge < -0.3 is 5.11 Å². The zero-order chi connectivity index (χ0) is 17.0. The topological polar surface area (TPSA) is 20.2 Å². The molecular formula is C22H44O. The first-order chi connectivity index (χ1) is 11.3. The van der Waals surface area contributed by atoms with Gasteiger partial charge in [-0.15, -0.1) is 0 Å². The lowest BCUT2D eigenvalue weighted by Gasteiger charge is -2.09. The quantitative estimate of drug-likeness (QED) is 0.203. The third-order valence-electron chi connectivity index (χ3n) is 4.69. The van der Waals surface area contributed by atoms with Gasteiger partial charge in [0.2, 0.25) is 0 Å². The van der Waals surface area contributed by atoms with Crippen LogP contribution in [-0.4, -0.2) is 11.2 Å². The zero-order valence-corrected chi connectivity index (χ0v) is 16.2. The summed E-state index contributed by atoms with van der Waals surface area (Å²) in [7, 11) is 0. The lowest BCUT2D eigenvalue weighted by molar-refractivity contribution is 0.148. The van der Waals surface area contributed by atoms with Crippen molar-refractivity contribution in [1.29, 1.82) is 0 Å². The van der Waals surface area contributed by atoms with Crippen molar-refractivity contribution in [3.8, 4) is 0 Å². The summed E-state index contributed by atoms with van der Waals surface area (Å²) >= 11 is 0. The van der Waals surface area contributed by atoms with Crippen LogP contribution < -0.4 is 0 Å². The lowest BCUT2D eigenvalue weighted by Crippen LogP contribution is -2.05. The van der Waals surface area contributed by atoms with E-state index in [0.717, 1.165) is 12.8 Å². The summed E-state index contributed by atoms with van der Waals surface area (Å²) in [5, 5.41) is 9.77. The average Bonchev–Trinajstić information content (AvgIpc) is 2.56. The molecule has 23 heavy (non-hydrogen) atoms.